The normalized spacial score (nSPS) is 14.9. The zero-order chi connectivity index (χ0) is 24.0. The van der Waals surface area contributed by atoms with Crippen LogP contribution in [0.2, 0.25) is 0 Å². The van der Waals surface area contributed by atoms with Crippen LogP contribution < -0.4 is 9.46 Å². The number of benzene rings is 3. The SMILES string of the molecule is COc1ccc(CN2CCCN(C(=O)c3cccc(NS(=O)(=O)c4ccccc4)c3)CC2)cc1. The molecule has 3 aromatic rings. The lowest BCUT2D eigenvalue weighted by atomic mass is 10.1. The van der Waals surface area contributed by atoms with Crippen LogP contribution in [0.15, 0.2) is 83.8 Å². The van der Waals surface area contributed by atoms with Crippen molar-refractivity contribution in [3.8, 4) is 5.75 Å². The van der Waals surface area contributed by atoms with Gasteiger partial charge in [0.25, 0.3) is 15.9 Å². The molecule has 1 N–H and O–H groups in total. The number of nitrogens with one attached hydrogen (secondary N) is 1. The summed E-state index contributed by atoms with van der Waals surface area (Å²) in [6.07, 6.45) is 0.877. The monoisotopic (exact) mass is 479 g/mol. The maximum absolute atomic E-state index is 13.2. The van der Waals surface area contributed by atoms with E-state index >= 15 is 0 Å². The van der Waals surface area contributed by atoms with Crippen molar-refractivity contribution >= 4 is 21.6 Å². The minimum Gasteiger partial charge on any atom is -0.497 e. The Morgan fingerprint density at radius 1 is 0.912 bits per heavy atom. The van der Waals surface area contributed by atoms with Gasteiger partial charge in [-0.2, -0.15) is 0 Å². The van der Waals surface area contributed by atoms with E-state index in [1.165, 1.54) is 17.7 Å². The average Bonchev–Trinajstić information content (AvgIpc) is 3.10. The Morgan fingerprint density at radius 2 is 1.68 bits per heavy atom. The van der Waals surface area contributed by atoms with Crippen LogP contribution in [0.4, 0.5) is 5.69 Å². The number of hydrogen-bond donors (Lipinski definition) is 1. The maximum Gasteiger partial charge on any atom is 0.261 e. The smallest absolute Gasteiger partial charge is 0.261 e. The van der Waals surface area contributed by atoms with Gasteiger partial charge in [0.1, 0.15) is 5.75 Å². The highest BCUT2D eigenvalue weighted by molar-refractivity contribution is 7.92. The first-order valence-electron chi connectivity index (χ1n) is 11.3. The number of methoxy groups -OCH3 is 1. The highest BCUT2D eigenvalue weighted by Gasteiger charge is 2.21. The van der Waals surface area contributed by atoms with E-state index in [-0.39, 0.29) is 10.8 Å². The van der Waals surface area contributed by atoms with Crippen LogP contribution in [0, 0.1) is 0 Å². The molecule has 34 heavy (non-hydrogen) atoms. The number of sulfonamides is 1. The fourth-order valence-corrected chi connectivity index (χ4v) is 5.10. The predicted molar refractivity (Wildman–Crippen MR) is 132 cm³/mol. The summed E-state index contributed by atoms with van der Waals surface area (Å²) in [5, 5.41) is 0. The van der Waals surface area contributed by atoms with Gasteiger partial charge in [-0.05, 0) is 54.4 Å². The average molecular weight is 480 g/mol. The van der Waals surface area contributed by atoms with Gasteiger partial charge in [0, 0.05) is 44.0 Å². The molecule has 1 amide bonds. The van der Waals surface area contributed by atoms with Gasteiger partial charge in [-0.3, -0.25) is 14.4 Å². The Balaban J connectivity index is 1.39. The van der Waals surface area contributed by atoms with E-state index in [0.717, 1.165) is 31.8 Å². The number of ether oxygens (including phenoxy) is 1. The summed E-state index contributed by atoms with van der Waals surface area (Å²) in [5.74, 6) is 0.747. The van der Waals surface area contributed by atoms with Crippen LogP contribution in [0.1, 0.15) is 22.3 Å². The molecule has 7 nitrogen and oxygen atoms in total. The van der Waals surface area contributed by atoms with E-state index in [4.69, 9.17) is 4.74 Å². The third-order valence-electron chi connectivity index (χ3n) is 5.86. The third kappa shape index (κ3) is 5.95. The first kappa shape index (κ1) is 23.8. The second kappa shape index (κ2) is 10.7. The number of carbonyl (C=O) groups is 1. The van der Waals surface area contributed by atoms with Gasteiger partial charge >= 0.3 is 0 Å². The molecule has 4 rings (SSSR count). The largest absolute Gasteiger partial charge is 0.497 e. The number of amides is 1. The summed E-state index contributed by atoms with van der Waals surface area (Å²) < 4.78 is 33.1. The molecule has 1 heterocycles. The minimum atomic E-state index is -3.72. The molecule has 0 atom stereocenters. The van der Waals surface area contributed by atoms with E-state index < -0.39 is 10.0 Å². The van der Waals surface area contributed by atoms with Gasteiger partial charge in [0.15, 0.2) is 0 Å². The van der Waals surface area contributed by atoms with Crippen LogP contribution >= 0.6 is 0 Å². The molecule has 1 aliphatic rings. The molecular weight excluding hydrogens is 450 g/mol. The quantitative estimate of drug-likeness (QED) is 0.557. The molecule has 178 valence electrons. The molecule has 0 aromatic heterocycles. The van der Waals surface area contributed by atoms with Crippen LogP contribution in [0.25, 0.3) is 0 Å². The Bertz CT molecular complexity index is 1210. The molecule has 0 unspecified atom stereocenters. The summed E-state index contributed by atoms with van der Waals surface area (Å²) >= 11 is 0. The lowest BCUT2D eigenvalue weighted by Gasteiger charge is -2.22. The van der Waals surface area contributed by atoms with E-state index in [9.17, 15) is 13.2 Å². The van der Waals surface area contributed by atoms with Crippen molar-refractivity contribution < 1.29 is 17.9 Å². The van der Waals surface area contributed by atoms with Gasteiger partial charge in [-0.1, -0.05) is 36.4 Å². The minimum absolute atomic E-state index is 0.0907. The van der Waals surface area contributed by atoms with Crippen molar-refractivity contribution in [2.24, 2.45) is 0 Å². The summed E-state index contributed by atoms with van der Waals surface area (Å²) in [5.41, 5.74) is 2.04. The summed E-state index contributed by atoms with van der Waals surface area (Å²) in [7, 11) is -2.06. The van der Waals surface area contributed by atoms with Crippen molar-refractivity contribution in [2.75, 3.05) is 38.0 Å². The summed E-state index contributed by atoms with van der Waals surface area (Å²) in [4.78, 5) is 17.6. The van der Waals surface area contributed by atoms with Crippen molar-refractivity contribution in [3.63, 3.8) is 0 Å². The molecule has 1 saturated heterocycles. The highest BCUT2D eigenvalue weighted by atomic mass is 32.2. The molecule has 0 aliphatic carbocycles. The lowest BCUT2D eigenvalue weighted by Crippen LogP contribution is -2.35. The van der Waals surface area contributed by atoms with Gasteiger partial charge in [-0.25, -0.2) is 8.42 Å². The van der Waals surface area contributed by atoms with E-state index in [0.29, 0.717) is 24.3 Å². The number of hydrogen-bond acceptors (Lipinski definition) is 5. The Kier molecular flexibility index (Phi) is 7.49. The first-order chi connectivity index (χ1) is 16.4. The van der Waals surface area contributed by atoms with E-state index in [1.807, 2.05) is 17.0 Å². The molecule has 0 bridgehead atoms. The molecule has 1 fully saturated rings. The van der Waals surface area contributed by atoms with Gasteiger partial charge in [0.05, 0.1) is 12.0 Å². The molecule has 8 heteroatoms. The van der Waals surface area contributed by atoms with Gasteiger partial charge < -0.3 is 9.64 Å². The van der Waals surface area contributed by atoms with Crippen LogP contribution in [-0.2, 0) is 16.6 Å². The standard InChI is InChI=1S/C26H29N3O4S/c1-33-24-13-11-21(12-14-24)20-28-15-6-16-29(18-17-28)26(30)22-7-5-8-23(19-22)27-34(31,32)25-9-3-2-4-10-25/h2-5,7-14,19,27H,6,15-18,20H2,1H3. The molecule has 0 spiro atoms. The highest BCUT2D eigenvalue weighted by Crippen LogP contribution is 2.19. The van der Waals surface area contributed by atoms with Gasteiger partial charge in [0.2, 0.25) is 0 Å². The van der Waals surface area contributed by atoms with Crippen LogP contribution in [0.5, 0.6) is 5.75 Å². The van der Waals surface area contributed by atoms with Crippen LogP contribution in [0.3, 0.4) is 0 Å². The Hall–Kier alpha value is -3.36. The first-order valence-corrected chi connectivity index (χ1v) is 12.8. The lowest BCUT2D eigenvalue weighted by molar-refractivity contribution is 0.0761. The van der Waals surface area contributed by atoms with Crippen molar-refractivity contribution in [3.05, 3.63) is 90.0 Å². The number of carbonyl (C=O) groups excluding carboxylic acids is 1. The zero-order valence-corrected chi connectivity index (χ0v) is 20.0. The third-order valence-corrected chi connectivity index (χ3v) is 7.25. The number of rotatable bonds is 7. The topological polar surface area (TPSA) is 79.0 Å². The zero-order valence-electron chi connectivity index (χ0n) is 19.2. The van der Waals surface area contributed by atoms with Gasteiger partial charge in [-0.15, -0.1) is 0 Å². The fourth-order valence-electron chi connectivity index (χ4n) is 4.03. The number of nitrogens with zero attached hydrogens (tertiary/aromatic N) is 2. The maximum atomic E-state index is 13.2. The molecule has 0 saturated carbocycles. The van der Waals surface area contributed by atoms with E-state index in [1.54, 1.807) is 49.6 Å². The molecule has 0 radical (unpaired) electrons. The van der Waals surface area contributed by atoms with E-state index in [2.05, 4.69) is 21.8 Å². The second-order valence-corrected chi connectivity index (χ2v) is 9.95. The van der Waals surface area contributed by atoms with Crippen molar-refractivity contribution in [1.29, 1.82) is 0 Å². The predicted octanol–water partition coefficient (Wildman–Crippen LogP) is 3.84. The van der Waals surface area contributed by atoms with Crippen molar-refractivity contribution in [2.45, 2.75) is 17.9 Å². The second-order valence-electron chi connectivity index (χ2n) is 8.27. The molecule has 1 aliphatic heterocycles. The number of anilines is 1. The van der Waals surface area contributed by atoms with Crippen molar-refractivity contribution in [1.82, 2.24) is 9.80 Å². The summed E-state index contributed by atoms with van der Waals surface area (Å²) in [6, 6.07) is 22.9. The molecule has 3 aromatic carbocycles. The summed E-state index contributed by atoms with van der Waals surface area (Å²) in [6.45, 7) is 3.79. The Labute approximate surface area is 201 Å². The Morgan fingerprint density at radius 3 is 2.41 bits per heavy atom. The van der Waals surface area contributed by atoms with Crippen LogP contribution in [-0.4, -0.2) is 57.4 Å². The fraction of sp³-hybridized carbons (Fsp3) is 0.269. The molecular formula is C26H29N3O4S.